The van der Waals surface area contributed by atoms with E-state index in [2.05, 4.69) is 22.1 Å². The summed E-state index contributed by atoms with van der Waals surface area (Å²) in [5.74, 6) is 2.12. The molecule has 2 aliphatic rings. The van der Waals surface area contributed by atoms with Crippen LogP contribution in [-0.4, -0.2) is 45.5 Å². The van der Waals surface area contributed by atoms with Crippen molar-refractivity contribution in [2.75, 3.05) is 13.7 Å². The van der Waals surface area contributed by atoms with Gasteiger partial charge >= 0.3 is 0 Å². The van der Waals surface area contributed by atoms with E-state index in [1.165, 1.54) is 19.3 Å². The molecule has 1 saturated carbocycles. The summed E-state index contributed by atoms with van der Waals surface area (Å²) in [5, 5.41) is 8.52. The zero-order valence-corrected chi connectivity index (χ0v) is 16.4. The second-order valence-corrected chi connectivity index (χ2v) is 7.92. The van der Waals surface area contributed by atoms with Crippen molar-refractivity contribution in [3.63, 3.8) is 0 Å². The first-order valence-corrected chi connectivity index (χ1v) is 9.98. The molecule has 1 amide bonds. The zero-order chi connectivity index (χ0) is 19.0. The molecule has 0 spiro atoms. The Balaban J connectivity index is 1.62. The van der Waals surface area contributed by atoms with Crippen LogP contribution in [0.15, 0.2) is 24.3 Å². The van der Waals surface area contributed by atoms with Crippen LogP contribution in [0.3, 0.4) is 0 Å². The molecule has 0 radical (unpaired) electrons. The predicted octanol–water partition coefficient (Wildman–Crippen LogP) is 3.63. The van der Waals surface area contributed by atoms with Gasteiger partial charge in [-0.3, -0.25) is 4.79 Å². The number of piperidine rings is 1. The third-order valence-electron chi connectivity index (χ3n) is 6.39. The number of ether oxygens (including phenoxy) is 1. The number of fused-ring (bicyclic) bond motifs is 1. The third kappa shape index (κ3) is 3.22. The van der Waals surface area contributed by atoms with E-state index < -0.39 is 0 Å². The highest BCUT2D eigenvalue weighted by Gasteiger charge is 2.40. The number of methoxy groups -OCH3 is 1. The standard InChI is InChI=1S/C21H28N4O2/c1-14-11-12-24(19-10-5-4-9-18(14)19)21(26)20-15(2)25(23-22-20)16-7-6-8-17(13-16)27-3/h6-8,13-14,18-19H,4-5,9-12H2,1-3H3. The molecule has 0 bridgehead atoms. The minimum Gasteiger partial charge on any atom is -0.497 e. The molecule has 1 aromatic heterocycles. The van der Waals surface area contributed by atoms with E-state index in [0.717, 1.165) is 36.5 Å². The Morgan fingerprint density at radius 3 is 2.85 bits per heavy atom. The Kier molecular flexibility index (Phi) is 4.89. The first-order chi connectivity index (χ1) is 13.1. The van der Waals surface area contributed by atoms with Crippen LogP contribution in [0.4, 0.5) is 0 Å². The highest BCUT2D eigenvalue weighted by Crippen LogP contribution is 2.39. The number of carbonyl (C=O) groups excluding carboxylic acids is 1. The fourth-order valence-corrected chi connectivity index (χ4v) is 4.82. The van der Waals surface area contributed by atoms with E-state index in [-0.39, 0.29) is 5.91 Å². The van der Waals surface area contributed by atoms with Gasteiger partial charge < -0.3 is 9.64 Å². The summed E-state index contributed by atoms with van der Waals surface area (Å²) in [6, 6.07) is 8.00. The van der Waals surface area contributed by atoms with Crippen LogP contribution in [0, 0.1) is 18.8 Å². The normalized spacial score (nSPS) is 25.1. The quantitative estimate of drug-likeness (QED) is 0.830. The van der Waals surface area contributed by atoms with E-state index in [1.807, 2.05) is 31.2 Å². The third-order valence-corrected chi connectivity index (χ3v) is 6.39. The van der Waals surface area contributed by atoms with Crippen molar-refractivity contribution in [2.24, 2.45) is 11.8 Å². The molecule has 6 heteroatoms. The average molecular weight is 368 g/mol. The molecule has 1 aromatic carbocycles. The molecule has 0 N–H and O–H groups in total. The van der Waals surface area contributed by atoms with Gasteiger partial charge in [-0.15, -0.1) is 5.10 Å². The van der Waals surface area contributed by atoms with Crippen molar-refractivity contribution in [2.45, 2.75) is 52.0 Å². The van der Waals surface area contributed by atoms with Crippen LogP contribution in [0.25, 0.3) is 5.69 Å². The van der Waals surface area contributed by atoms with Crippen molar-refractivity contribution in [1.29, 1.82) is 0 Å². The Morgan fingerprint density at radius 2 is 2.04 bits per heavy atom. The maximum absolute atomic E-state index is 13.3. The fourth-order valence-electron chi connectivity index (χ4n) is 4.82. The molecule has 2 aromatic rings. The minimum absolute atomic E-state index is 0.0328. The van der Waals surface area contributed by atoms with Crippen molar-refractivity contribution in [1.82, 2.24) is 19.9 Å². The van der Waals surface area contributed by atoms with Gasteiger partial charge in [0.25, 0.3) is 5.91 Å². The van der Waals surface area contributed by atoms with Crippen LogP contribution in [0.5, 0.6) is 5.75 Å². The van der Waals surface area contributed by atoms with Gasteiger partial charge in [0, 0.05) is 18.7 Å². The molecular formula is C21H28N4O2. The SMILES string of the molecule is COc1cccc(-n2nnc(C(=O)N3CCC(C)C4CCCCC43)c2C)c1. The predicted molar refractivity (Wildman–Crippen MR) is 103 cm³/mol. The van der Waals surface area contributed by atoms with Gasteiger partial charge in [0.15, 0.2) is 5.69 Å². The molecule has 144 valence electrons. The Morgan fingerprint density at radius 1 is 1.22 bits per heavy atom. The van der Waals surface area contributed by atoms with Gasteiger partial charge in [-0.25, -0.2) is 4.68 Å². The number of hydrogen-bond acceptors (Lipinski definition) is 4. The van der Waals surface area contributed by atoms with Gasteiger partial charge in [-0.2, -0.15) is 0 Å². The van der Waals surface area contributed by atoms with Crippen LogP contribution in [0.2, 0.25) is 0 Å². The highest BCUT2D eigenvalue weighted by atomic mass is 16.5. The maximum Gasteiger partial charge on any atom is 0.276 e. The van der Waals surface area contributed by atoms with Crippen molar-refractivity contribution in [3.8, 4) is 11.4 Å². The first kappa shape index (κ1) is 18.0. The van der Waals surface area contributed by atoms with Crippen molar-refractivity contribution in [3.05, 3.63) is 35.7 Å². The van der Waals surface area contributed by atoms with Crippen molar-refractivity contribution < 1.29 is 9.53 Å². The van der Waals surface area contributed by atoms with E-state index in [9.17, 15) is 4.79 Å². The summed E-state index contributed by atoms with van der Waals surface area (Å²) in [5.41, 5.74) is 2.09. The van der Waals surface area contributed by atoms with Gasteiger partial charge in [-0.1, -0.05) is 31.0 Å². The molecule has 1 aliphatic heterocycles. The summed E-state index contributed by atoms with van der Waals surface area (Å²) in [4.78, 5) is 15.4. The lowest BCUT2D eigenvalue weighted by atomic mass is 9.72. The molecule has 27 heavy (non-hydrogen) atoms. The van der Waals surface area contributed by atoms with Gasteiger partial charge in [0.05, 0.1) is 18.5 Å². The molecule has 4 rings (SSSR count). The largest absolute Gasteiger partial charge is 0.497 e. The van der Waals surface area contributed by atoms with E-state index in [1.54, 1.807) is 11.8 Å². The molecular weight excluding hydrogens is 340 g/mol. The van der Waals surface area contributed by atoms with Crippen LogP contribution in [-0.2, 0) is 0 Å². The minimum atomic E-state index is 0.0328. The number of nitrogens with zero attached hydrogens (tertiary/aromatic N) is 4. The first-order valence-electron chi connectivity index (χ1n) is 9.98. The lowest BCUT2D eigenvalue weighted by molar-refractivity contribution is 0.0212. The molecule has 3 atom stereocenters. The second kappa shape index (κ2) is 7.33. The Hall–Kier alpha value is -2.37. The van der Waals surface area contributed by atoms with Crippen molar-refractivity contribution >= 4 is 5.91 Å². The zero-order valence-electron chi connectivity index (χ0n) is 16.4. The summed E-state index contributed by atoms with van der Waals surface area (Å²) in [7, 11) is 1.64. The summed E-state index contributed by atoms with van der Waals surface area (Å²) in [6.07, 6.45) is 5.94. The van der Waals surface area contributed by atoms with E-state index in [4.69, 9.17) is 4.74 Å². The molecule has 6 nitrogen and oxygen atoms in total. The highest BCUT2D eigenvalue weighted by molar-refractivity contribution is 5.93. The number of aromatic nitrogens is 3. The molecule has 1 saturated heterocycles. The van der Waals surface area contributed by atoms with Gasteiger partial charge in [0.1, 0.15) is 5.75 Å². The smallest absolute Gasteiger partial charge is 0.276 e. The average Bonchev–Trinajstić information content (AvgIpc) is 3.09. The summed E-state index contributed by atoms with van der Waals surface area (Å²) in [6.45, 7) is 5.08. The topological polar surface area (TPSA) is 60.2 Å². The number of amides is 1. The fraction of sp³-hybridized carbons (Fsp3) is 0.571. The maximum atomic E-state index is 13.3. The summed E-state index contributed by atoms with van der Waals surface area (Å²) < 4.78 is 7.02. The molecule has 1 aliphatic carbocycles. The number of likely N-dealkylation sites (tertiary alicyclic amines) is 1. The number of rotatable bonds is 3. The molecule has 2 heterocycles. The van der Waals surface area contributed by atoms with E-state index in [0.29, 0.717) is 23.6 Å². The number of hydrogen-bond donors (Lipinski definition) is 0. The number of carbonyl (C=O) groups is 1. The second-order valence-electron chi connectivity index (χ2n) is 7.92. The van der Waals surface area contributed by atoms with Crippen LogP contribution >= 0.6 is 0 Å². The lowest BCUT2D eigenvalue weighted by Crippen LogP contribution is -2.52. The Labute approximate surface area is 160 Å². The summed E-state index contributed by atoms with van der Waals surface area (Å²) >= 11 is 0. The van der Waals surface area contributed by atoms with Gasteiger partial charge in [0.2, 0.25) is 0 Å². The van der Waals surface area contributed by atoms with Crippen LogP contribution in [0.1, 0.15) is 55.2 Å². The molecule has 2 fully saturated rings. The van der Waals surface area contributed by atoms with Crippen LogP contribution < -0.4 is 4.74 Å². The number of benzene rings is 1. The lowest BCUT2D eigenvalue weighted by Gasteiger charge is -2.47. The Bertz CT molecular complexity index is 831. The molecule has 3 unspecified atom stereocenters. The van der Waals surface area contributed by atoms with Gasteiger partial charge in [-0.05, 0) is 50.2 Å². The van der Waals surface area contributed by atoms with E-state index >= 15 is 0 Å². The monoisotopic (exact) mass is 368 g/mol.